The summed E-state index contributed by atoms with van der Waals surface area (Å²) in [7, 11) is 0. The van der Waals surface area contributed by atoms with Gasteiger partial charge in [0.1, 0.15) is 6.04 Å². The maximum Gasteiger partial charge on any atom is 0.262 e. The third kappa shape index (κ3) is 5.39. The van der Waals surface area contributed by atoms with Crippen LogP contribution in [0.2, 0.25) is 0 Å². The molecule has 5 N–H and O–H groups in total. The Hall–Kier alpha value is -5.17. The summed E-state index contributed by atoms with van der Waals surface area (Å²) in [6.07, 6.45) is 6.59. The lowest BCUT2D eigenvalue weighted by Crippen LogP contribution is -2.54. The summed E-state index contributed by atoms with van der Waals surface area (Å²) in [6.45, 7) is 3.88. The first-order valence-electron chi connectivity index (χ1n) is 15.1. The summed E-state index contributed by atoms with van der Waals surface area (Å²) in [5.74, 6) is -2.08. The minimum Gasteiger partial charge on any atom is -0.387 e. The van der Waals surface area contributed by atoms with Crippen LogP contribution in [0, 0.1) is 5.41 Å². The van der Waals surface area contributed by atoms with Gasteiger partial charge < -0.3 is 20.9 Å². The SMILES string of the molecule is CC1CN(c2ccc3ncc(/C(C=N)=C/NC4CC(Nc5ccc6c(c5)C(=O)N(C5CCC(=O)NC5=O)C6=O)C4)nc3c2)CN1. The van der Waals surface area contributed by atoms with Gasteiger partial charge in [0.2, 0.25) is 11.8 Å². The molecular weight excluding hydrogens is 574 g/mol. The number of fused-ring (bicyclic) bond motifs is 2. The molecule has 2 aromatic carbocycles. The highest BCUT2D eigenvalue weighted by atomic mass is 16.2. The van der Waals surface area contributed by atoms with Gasteiger partial charge in [0.05, 0.1) is 40.7 Å². The molecule has 4 amide bonds. The van der Waals surface area contributed by atoms with Gasteiger partial charge in [-0.25, -0.2) is 4.98 Å². The molecule has 2 unspecified atom stereocenters. The number of hydrogen-bond donors (Lipinski definition) is 5. The molecule has 1 saturated carbocycles. The van der Waals surface area contributed by atoms with Gasteiger partial charge in [-0.3, -0.25) is 39.7 Å². The standard InChI is InChI=1S/C32H33N9O4/c1-17-15-40(16-36-17)22-3-5-25-26(11-22)38-27(14-35-25)18(12-33)13-34-20-8-21(9-20)37-19-2-4-23-24(10-19)32(45)41(31(23)44)28-6-7-29(42)39-30(28)43/h2-5,10-14,17,20-21,28,33-34,36-37H,6-9,15-16H2,1H3,(H,39,42,43)/b18-13+,33-12?. The minimum absolute atomic E-state index is 0.0803. The Labute approximate surface area is 259 Å². The molecule has 0 radical (unpaired) electrons. The largest absolute Gasteiger partial charge is 0.387 e. The first kappa shape index (κ1) is 28.6. The van der Waals surface area contributed by atoms with Gasteiger partial charge in [0.25, 0.3) is 11.8 Å². The minimum atomic E-state index is -0.988. The van der Waals surface area contributed by atoms with Gasteiger partial charge in [0, 0.05) is 60.5 Å². The lowest BCUT2D eigenvalue weighted by atomic mass is 9.86. The van der Waals surface area contributed by atoms with E-state index >= 15 is 0 Å². The highest BCUT2D eigenvalue weighted by molar-refractivity contribution is 6.23. The molecule has 0 spiro atoms. The van der Waals surface area contributed by atoms with Crippen molar-refractivity contribution in [1.82, 2.24) is 30.8 Å². The van der Waals surface area contributed by atoms with Crippen LogP contribution in [0.4, 0.5) is 11.4 Å². The van der Waals surface area contributed by atoms with E-state index in [-0.39, 0.29) is 36.1 Å². The summed E-state index contributed by atoms with van der Waals surface area (Å²) >= 11 is 0. The van der Waals surface area contributed by atoms with Gasteiger partial charge in [-0.05, 0) is 62.6 Å². The molecule has 45 heavy (non-hydrogen) atoms. The number of nitrogens with one attached hydrogen (secondary N) is 5. The smallest absolute Gasteiger partial charge is 0.262 e. The summed E-state index contributed by atoms with van der Waals surface area (Å²) in [6, 6.07) is 10.9. The number of piperidine rings is 1. The Balaban J connectivity index is 0.966. The van der Waals surface area contributed by atoms with Crippen LogP contribution in [-0.2, 0) is 9.59 Å². The molecule has 7 rings (SSSR count). The van der Waals surface area contributed by atoms with E-state index in [1.165, 1.54) is 6.21 Å². The molecule has 3 fully saturated rings. The van der Waals surface area contributed by atoms with Crippen molar-refractivity contribution in [3.8, 4) is 0 Å². The average Bonchev–Trinajstić information content (AvgIpc) is 3.56. The summed E-state index contributed by atoms with van der Waals surface area (Å²) in [5, 5.41) is 20.4. The number of carbonyl (C=O) groups excluding carboxylic acids is 4. The Morgan fingerprint density at radius 2 is 1.84 bits per heavy atom. The molecule has 4 heterocycles. The van der Waals surface area contributed by atoms with Gasteiger partial charge in [-0.15, -0.1) is 0 Å². The van der Waals surface area contributed by atoms with Crippen LogP contribution in [0.15, 0.2) is 48.8 Å². The molecule has 2 saturated heterocycles. The fourth-order valence-corrected chi connectivity index (χ4v) is 6.32. The van der Waals surface area contributed by atoms with Crippen LogP contribution in [0.25, 0.3) is 16.6 Å². The first-order chi connectivity index (χ1) is 21.8. The maximum absolute atomic E-state index is 13.1. The highest BCUT2D eigenvalue weighted by Crippen LogP contribution is 2.32. The van der Waals surface area contributed by atoms with Crippen molar-refractivity contribution in [3.63, 3.8) is 0 Å². The van der Waals surface area contributed by atoms with Crippen LogP contribution in [0.5, 0.6) is 0 Å². The lowest BCUT2D eigenvalue weighted by molar-refractivity contribution is -0.136. The van der Waals surface area contributed by atoms with Crippen LogP contribution < -0.4 is 26.2 Å². The van der Waals surface area contributed by atoms with Crippen molar-refractivity contribution >= 4 is 57.8 Å². The van der Waals surface area contributed by atoms with E-state index in [2.05, 4.69) is 44.1 Å². The average molecular weight is 608 g/mol. The van der Waals surface area contributed by atoms with Gasteiger partial charge in [-0.1, -0.05) is 0 Å². The maximum atomic E-state index is 13.1. The molecule has 230 valence electrons. The second kappa shape index (κ2) is 11.4. The number of benzene rings is 2. The molecule has 1 aliphatic carbocycles. The number of carbonyl (C=O) groups is 4. The predicted octanol–water partition coefficient (Wildman–Crippen LogP) is 2.01. The Kier molecular flexibility index (Phi) is 7.24. The van der Waals surface area contributed by atoms with E-state index in [1.807, 2.05) is 18.3 Å². The molecule has 13 heteroatoms. The number of amides is 4. The van der Waals surface area contributed by atoms with Crippen molar-refractivity contribution in [2.45, 2.75) is 56.8 Å². The van der Waals surface area contributed by atoms with Crippen molar-refractivity contribution in [1.29, 1.82) is 5.41 Å². The number of imide groups is 2. The van der Waals surface area contributed by atoms with Crippen LogP contribution in [0.1, 0.15) is 59.0 Å². The number of rotatable bonds is 8. The first-order valence-corrected chi connectivity index (χ1v) is 15.1. The van der Waals surface area contributed by atoms with Crippen LogP contribution in [-0.4, -0.2) is 82.1 Å². The number of hydrogen-bond acceptors (Lipinski definition) is 11. The van der Waals surface area contributed by atoms with E-state index in [9.17, 15) is 19.2 Å². The van der Waals surface area contributed by atoms with Crippen molar-refractivity contribution in [3.05, 3.63) is 65.6 Å². The fraction of sp³-hybridized carbons (Fsp3) is 0.344. The quantitative estimate of drug-likeness (QED) is 0.188. The molecule has 3 aromatic rings. The monoisotopic (exact) mass is 607 g/mol. The summed E-state index contributed by atoms with van der Waals surface area (Å²) in [5.41, 5.74) is 5.13. The van der Waals surface area contributed by atoms with Crippen molar-refractivity contribution < 1.29 is 19.2 Å². The zero-order valence-electron chi connectivity index (χ0n) is 24.7. The molecular formula is C32H33N9O4. The zero-order valence-corrected chi connectivity index (χ0v) is 24.7. The normalized spacial score (nSPS) is 24.9. The van der Waals surface area contributed by atoms with E-state index in [0.717, 1.165) is 47.7 Å². The highest BCUT2D eigenvalue weighted by Gasteiger charge is 2.44. The summed E-state index contributed by atoms with van der Waals surface area (Å²) in [4.78, 5) is 62.5. The van der Waals surface area contributed by atoms with E-state index < -0.39 is 29.7 Å². The molecule has 4 aliphatic rings. The molecule has 1 aromatic heterocycles. The second-order valence-electron chi connectivity index (χ2n) is 12.0. The van der Waals surface area contributed by atoms with E-state index in [4.69, 9.17) is 10.4 Å². The van der Waals surface area contributed by atoms with E-state index in [0.29, 0.717) is 23.0 Å². The van der Waals surface area contributed by atoms with Crippen LogP contribution in [0.3, 0.4) is 0 Å². The second-order valence-corrected chi connectivity index (χ2v) is 12.0. The van der Waals surface area contributed by atoms with Gasteiger partial charge in [0.15, 0.2) is 0 Å². The molecule has 2 atom stereocenters. The Morgan fingerprint density at radius 1 is 1.02 bits per heavy atom. The molecule has 0 bridgehead atoms. The predicted molar refractivity (Wildman–Crippen MR) is 168 cm³/mol. The number of allylic oxidation sites excluding steroid dienone is 1. The van der Waals surface area contributed by atoms with Gasteiger partial charge >= 0.3 is 0 Å². The topological polar surface area (TPSA) is 173 Å². The fourth-order valence-electron chi connectivity index (χ4n) is 6.32. The number of anilines is 2. The Bertz CT molecular complexity index is 1780. The third-order valence-corrected chi connectivity index (χ3v) is 8.89. The van der Waals surface area contributed by atoms with Crippen molar-refractivity contribution in [2.24, 2.45) is 0 Å². The Morgan fingerprint density at radius 3 is 2.60 bits per heavy atom. The van der Waals surface area contributed by atoms with Crippen molar-refractivity contribution in [2.75, 3.05) is 23.4 Å². The van der Waals surface area contributed by atoms with E-state index in [1.54, 1.807) is 24.4 Å². The van der Waals surface area contributed by atoms with Gasteiger partial charge in [-0.2, -0.15) is 0 Å². The summed E-state index contributed by atoms with van der Waals surface area (Å²) < 4.78 is 0. The number of aromatic nitrogens is 2. The zero-order chi connectivity index (χ0) is 31.2. The number of nitrogens with zero attached hydrogens (tertiary/aromatic N) is 4. The molecule has 13 nitrogen and oxygen atoms in total. The lowest BCUT2D eigenvalue weighted by Gasteiger charge is -2.36. The molecule has 3 aliphatic heterocycles. The van der Waals surface area contributed by atoms with Crippen LogP contribution >= 0.6 is 0 Å². The third-order valence-electron chi connectivity index (χ3n) is 8.89.